The molecule has 8 heteroatoms. The maximum Gasteiger partial charge on any atom is 0.238 e. The predicted molar refractivity (Wildman–Crippen MR) is 124 cm³/mol. The van der Waals surface area contributed by atoms with Crippen molar-refractivity contribution in [3.63, 3.8) is 0 Å². The molecule has 6 nitrogen and oxygen atoms in total. The van der Waals surface area contributed by atoms with Crippen molar-refractivity contribution in [3.05, 3.63) is 59.5 Å². The molecule has 3 heterocycles. The van der Waals surface area contributed by atoms with Gasteiger partial charge in [-0.2, -0.15) is 0 Å². The van der Waals surface area contributed by atoms with Crippen LogP contribution in [0.3, 0.4) is 0 Å². The van der Waals surface area contributed by atoms with Crippen molar-refractivity contribution in [3.8, 4) is 11.3 Å². The third-order valence-corrected chi connectivity index (χ3v) is 6.99. The minimum atomic E-state index is -0.489. The number of carbonyl (C=O) groups is 2. The van der Waals surface area contributed by atoms with Crippen molar-refractivity contribution in [2.24, 2.45) is 0 Å². The number of aryl methyl sites for hydroxylation is 2. The van der Waals surface area contributed by atoms with Crippen molar-refractivity contribution in [2.45, 2.75) is 42.4 Å². The minimum absolute atomic E-state index is 0.0849. The van der Waals surface area contributed by atoms with Gasteiger partial charge in [0.05, 0.1) is 16.6 Å². The summed E-state index contributed by atoms with van der Waals surface area (Å²) in [5.41, 5.74) is 3.28. The highest BCUT2D eigenvalue weighted by molar-refractivity contribution is 8.01. The molecule has 0 spiro atoms. The molecule has 2 aliphatic rings. The lowest BCUT2D eigenvalue weighted by Crippen LogP contribution is -2.32. The molecular formula is C23H21ClN4O2S. The maximum atomic E-state index is 12.7. The highest BCUT2D eigenvalue weighted by atomic mass is 35.5. The lowest BCUT2D eigenvalue weighted by atomic mass is 10.1. The van der Waals surface area contributed by atoms with E-state index < -0.39 is 5.25 Å². The number of rotatable bonds is 4. The molecule has 1 aromatic heterocycles. The maximum absolute atomic E-state index is 12.7. The fraction of sp³-hybridized carbons (Fsp3) is 0.261. The highest BCUT2D eigenvalue weighted by Crippen LogP contribution is 2.38. The zero-order valence-electron chi connectivity index (χ0n) is 16.7. The average Bonchev–Trinajstić information content (AvgIpc) is 3.19. The fourth-order valence-electron chi connectivity index (χ4n) is 3.95. The van der Waals surface area contributed by atoms with Gasteiger partial charge in [0.2, 0.25) is 11.8 Å². The molecule has 5 rings (SSSR count). The first-order valence-electron chi connectivity index (χ1n) is 10.3. The van der Waals surface area contributed by atoms with Crippen molar-refractivity contribution in [1.82, 2.24) is 9.55 Å². The van der Waals surface area contributed by atoms with Crippen molar-refractivity contribution >= 4 is 46.6 Å². The molecule has 0 radical (unpaired) electrons. The van der Waals surface area contributed by atoms with Crippen LogP contribution in [0.25, 0.3) is 11.3 Å². The number of anilines is 2. The molecular weight excluding hydrogens is 432 g/mol. The van der Waals surface area contributed by atoms with Gasteiger partial charge in [-0.15, -0.1) is 11.8 Å². The van der Waals surface area contributed by atoms with Gasteiger partial charge in [0.25, 0.3) is 0 Å². The molecule has 0 saturated heterocycles. The summed E-state index contributed by atoms with van der Waals surface area (Å²) in [6.45, 7) is 1.01. The normalized spacial score (nSPS) is 17.5. The van der Waals surface area contributed by atoms with Crippen LogP contribution in [0.5, 0.6) is 0 Å². The number of carbonyl (C=O) groups excluding carboxylic acids is 2. The van der Waals surface area contributed by atoms with Gasteiger partial charge in [0.1, 0.15) is 5.82 Å². The Bertz CT molecular complexity index is 1150. The molecule has 0 aliphatic carbocycles. The number of fused-ring (bicyclic) bond motifs is 2. The summed E-state index contributed by atoms with van der Waals surface area (Å²) in [6.07, 6.45) is 5.54. The van der Waals surface area contributed by atoms with Gasteiger partial charge in [0.15, 0.2) is 0 Å². The Morgan fingerprint density at radius 3 is 3.03 bits per heavy atom. The summed E-state index contributed by atoms with van der Waals surface area (Å²) in [6, 6.07) is 13.0. The van der Waals surface area contributed by atoms with E-state index in [1.165, 1.54) is 24.6 Å². The van der Waals surface area contributed by atoms with Gasteiger partial charge in [-0.1, -0.05) is 23.7 Å². The number of thioether (sulfide) groups is 1. The van der Waals surface area contributed by atoms with Gasteiger partial charge in [-0.25, -0.2) is 4.98 Å². The largest absolute Gasteiger partial charge is 0.334 e. The predicted octanol–water partition coefficient (Wildman–Crippen LogP) is 4.98. The lowest BCUT2D eigenvalue weighted by Gasteiger charge is -2.23. The summed E-state index contributed by atoms with van der Waals surface area (Å²) in [5, 5.41) is 5.84. The number of halogens is 1. The van der Waals surface area contributed by atoms with Gasteiger partial charge in [-0.3, -0.25) is 9.59 Å². The first-order valence-corrected chi connectivity index (χ1v) is 11.5. The zero-order chi connectivity index (χ0) is 21.4. The van der Waals surface area contributed by atoms with E-state index >= 15 is 0 Å². The van der Waals surface area contributed by atoms with E-state index in [4.69, 9.17) is 16.6 Å². The van der Waals surface area contributed by atoms with Gasteiger partial charge >= 0.3 is 0 Å². The fourth-order valence-corrected chi connectivity index (χ4v) is 5.21. The molecule has 0 bridgehead atoms. The Morgan fingerprint density at radius 2 is 2.16 bits per heavy atom. The number of hydrogen-bond acceptors (Lipinski definition) is 4. The van der Waals surface area contributed by atoms with Crippen LogP contribution in [0.15, 0.2) is 53.6 Å². The van der Waals surface area contributed by atoms with Gasteiger partial charge < -0.3 is 15.2 Å². The number of nitrogens with one attached hydrogen (secondary N) is 2. The van der Waals surface area contributed by atoms with Crippen LogP contribution in [0, 0.1) is 0 Å². The molecule has 3 aromatic rings. The molecule has 2 amide bonds. The third kappa shape index (κ3) is 4.34. The minimum Gasteiger partial charge on any atom is -0.334 e. The summed E-state index contributed by atoms with van der Waals surface area (Å²) in [4.78, 5) is 30.7. The van der Waals surface area contributed by atoms with Crippen molar-refractivity contribution in [2.75, 3.05) is 10.6 Å². The number of benzene rings is 2. The van der Waals surface area contributed by atoms with E-state index in [-0.39, 0.29) is 18.2 Å². The van der Waals surface area contributed by atoms with E-state index in [1.807, 2.05) is 30.3 Å². The molecule has 158 valence electrons. The Hall–Kier alpha value is -2.77. The second kappa shape index (κ2) is 8.40. The molecule has 2 aromatic carbocycles. The third-order valence-electron chi connectivity index (χ3n) is 5.48. The molecule has 2 N–H and O–H groups in total. The summed E-state index contributed by atoms with van der Waals surface area (Å²) >= 11 is 7.38. The Kier molecular flexibility index (Phi) is 5.46. The zero-order valence-corrected chi connectivity index (χ0v) is 18.3. The molecule has 31 heavy (non-hydrogen) atoms. The van der Waals surface area contributed by atoms with Crippen LogP contribution < -0.4 is 10.6 Å². The standard InChI is InChI=1S/C23H21ClN4O2S/c24-15-7-8-19-17(11-15)27-23(30)20(31-19)12-22(29)25-16-5-3-4-14(10-16)18-13-28-9-2-1-6-21(28)26-18/h3-5,7-8,10-11,13,20H,1-2,6,9,12H2,(H,25,29)(H,27,30). The van der Waals surface area contributed by atoms with Gasteiger partial charge in [-0.05, 0) is 43.2 Å². The van der Waals surface area contributed by atoms with Crippen LogP contribution in [0.2, 0.25) is 5.02 Å². The topological polar surface area (TPSA) is 76.0 Å². The molecule has 2 aliphatic heterocycles. The molecule has 1 unspecified atom stereocenters. The second-order valence-electron chi connectivity index (χ2n) is 7.76. The van der Waals surface area contributed by atoms with E-state index in [1.54, 1.807) is 12.1 Å². The Labute approximate surface area is 189 Å². The van der Waals surface area contributed by atoms with Crippen LogP contribution in [-0.4, -0.2) is 26.6 Å². The van der Waals surface area contributed by atoms with Crippen molar-refractivity contribution < 1.29 is 9.59 Å². The van der Waals surface area contributed by atoms with Crippen LogP contribution in [0.4, 0.5) is 11.4 Å². The summed E-state index contributed by atoms with van der Waals surface area (Å²) < 4.78 is 2.22. The average molecular weight is 453 g/mol. The SMILES string of the molecule is O=C(CC1Sc2ccc(Cl)cc2NC1=O)Nc1cccc(-c2cn3c(n2)CCCC3)c1. The molecule has 0 fully saturated rings. The van der Waals surface area contributed by atoms with Gasteiger partial charge in [0, 0.05) is 46.8 Å². The number of amides is 2. The number of hydrogen-bond donors (Lipinski definition) is 2. The molecule has 0 saturated carbocycles. The first kappa shape index (κ1) is 20.2. The van der Waals surface area contributed by atoms with E-state index in [9.17, 15) is 9.59 Å². The smallest absolute Gasteiger partial charge is 0.238 e. The quantitative estimate of drug-likeness (QED) is 0.585. The van der Waals surface area contributed by atoms with E-state index in [2.05, 4.69) is 21.4 Å². The summed E-state index contributed by atoms with van der Waals surface area (Å²) in [7, 11) is 0. The summed E-state index contributed by atoms with van der Waals surface area (Å²) in [5.74, 6) is 0.733. The number of nitrogens with zero attached hydrogens (tertiary/aromatic N) is 2. The molecule has 1 atom stereocenters. The second-order valence-corrected chi connectivity index (χ2v) is 9.44. The van der Waals surface area contributed by atoms with Crippen molar-refractivity contribution in [1.29, 1.82) is 0 Å². The number of imidazole rings is 1. The first-order chi connectivity index (χ1) is 15.0. The number of aromatic nitrogens is 2. The Morgan fingerprint density at radius 1 is 1.26 bits per heavy atom. The lowest BCUT2D eigenvalue weighted by molar-refractivity contribution is -0.120. The monoisotopic (exact) mass is 452 g/mol. The Balaban J connectivity index is 1.27. The highest BCUT2D eigenvalue weighted by Gasteiger charge is 2.29. The van der Waals surface area contributed by atoms with Crippen LogP contribution >= 0.6 is 23.4 Å². The van der Waals surface area contributed by atoms with E-state index in [0.717, 1.165) is 34.9 Å². The van der Waals surface area contributed by atoms with Crippen LogP contribution in [0.1, 0.15) is 25.1 Å². The van der Waals surface area contributed by atoms with Crippen LogP contribution in [-0.2, 0) is 22.6 Å². The van der Waals surface area contributed by atoms with E-state index in [0.29, 0.717) is 16.4 Å².